The van der Waals surface area contributed by atoms with Gasteiger partial charge in [0.15, 0.2) is 0 Å². The van der Waals surface area contributed by atoms with Crippen LogP contribution in [-0.2, 0) is 6.54 Å². The Hall–Kier alpha value is -2.19. The Balaban J connectivity index is 2.57. The third-order valence-corrected chi connectivity index (χ3v) is 2.88. The molecule has 4 nitrogen and oxygen atoms in total. The van der Waals surface area contributed by atoms with Crippen LogP contribution in [0.1, 0.15) is 17.0 Å². The number of rotatable bonds is 3. The van der Waals surface area contributed by atoms with Crippen molar-refractivity contribution in [3.8, 4) is 11.8 Å². The lowest BCUT2D eigenvalue weighted by Gasteiger charge is -2.14. The number of aromatic nitrogens is 2. The molecule has 19 heavy (non-hydrogen) atoms. The monoisotopic (exact) mass is 258 g/mol. The Morgan fingerprint density at radius 3 is 2.79 bits per heavy atom. The molecule has 0 amide bonds. The van der Waals surface area contributed by atoms with E-state index in [0.717, 1.165) is 11.4 Å². The van der Waals surface area contributed by atoms with Gasteiger partial charge < -0.3 is 9.47 Å². The first-order valence-corrected chi connectivity index (χ1v) is 5.90. The highest BCUT2D eigenvalue weighted by atomic mass is 19.1. The first-order chi connectivity index (χ1) is 9.02. The van der Waals surface area contributed by atoms with Gasteiger partial charge in [0.1, 0.15) is 11.9 Å². The molecule has 98 valence electrons. The highest BCUT2D eigenvalue weighted by Gasteiger charge is 2.13. The van der Waals surface area contributed by atoms with Gasteiger partial charge in [-0.15, -0.1) is 0 Å². The van der Waals surface area contributed by atoms with Gasteiger partial charge >= 0.3 is 0 Å². The lowest BCUT2D eigenvalue weighted by Crippen LogP contribution is -2.15. The number of nitriles is 1. The predicted octanol–water partition coefficient (Wildman–Crippen LogP) is 2.25. The van der Waals surface area contributed by atoms with Crippen LogP contribution in [0.15, 0.2) is 24.5 Å². The zero-order chi connectivity index (χ0) is 14.0. The maximum Gasteiger partial charge on any atom is 0.124 e. The summed E-state index contributed by atoms with van der Waals surface area (Å²) >= 11 is 0. The van der Waals surface area contributed by atoms with E-state index in [1.54, 1.807) is 12.4 Å². The lowest BCUT2D eigenvalue weighted by atomic mass is 10.1. The molecule has 0 saturated heterocycles. The average molecular weight is 258 g/mol. The summed E-state index contributed by atoms with van der Waals surface area (Å²) in [6, 6.07) is 6.22. The number of hydrogen-bond donors (Lipinski definition) is 0. The SMILES string of the molecule is Cc1ncn(-c2ccc(F)cc2C#N)c1CN(C)C. The first kappa shape index (κ1) is 13.2. The number of halogens is 1. The van der Waals surface area contributed by atoms with Gasteiger partial charge in [-0.1, -0.05) is 0 Å². The molecule has 0 fully saturated rings. The normalized spacial score (nSPS) is 10.7. The molecule has 1 heterocycles. The highest BCUT2D eigenvalue weighted by molar-refractivity contribution is 5.50. The fraction of sp³-hybridized carbons (Fsp3) is 0.286. The van der Waals surface area contributed by atoms with E-state index < -0.39 is 5.82 Å². The molecular formula is C14H15FN4. The summed E-state index contributed by atoms with van der Waals surface area (Å²) in [6.07, 6.45) is 1.67. The minimum atomic E-state index is -0.411. The van der Waals surface area contributed by atoms with Crippen molar-refractivity contribution < 1.29 is 4.39 Å². The van der Waals surface area contributed by atoms with Crippen LogP contribution in [0, 0.1) is 24.1 Å². The molecule has 0 atom stereocenters. The summed E-state index contributed by atoms with van der Waals surface area (Å²) < 4.78 is 15.0. The van der Waals surface area contributed by atoms with E-state index in [0.29, 0.717) is 17.8 Å². The van der Waals surface area contributed by atoms with Gasteiger partial charge in [-0.25, -0.2) is 9.37 Å². The van der Waals surface area contributed by atoms with Crippen LogP contribution in [0.4, 0.5) is 4.39 Å². The second-order valence-electron chi connectivity index (χ2n) is 4.66. The molecule has 0 bridgehead atoms. The number of imidazole rings is 1. The van der Waals surface area contributed by atoms with Crippen LogP contribution in [-0.4, -0.2) is 28.5 Å². The maximum absolute atomic E-state index is 13.2. The second-order valence-corrected chi connectivity index (χ2v) is 4.66. The van der Waals surface area contributed by atoms with Gasteiger partial charge in [-0.05, 0) is 39.2 Å². The maximum atomic E-state index is 13.2. The quantitative estimate of drug-likeness (QED) is 0.848. The molecule has 0 N–H and O–H groups in total. The third kappa shape index (κ3) is 2.64. The fourth-order valence-corrected chi connectivity index (χ4v) is 1.97. The van der Waals surface area contributed by atoms with Crippen molar-refractivity contribution in [2.24, 2.45) is 0 Å². The van der Waals surface area contributed by atoms with Crippen molar-refractivity contribution in [2.75, 3.05) is 14.1 Å². The van der Waals surface area contributed by atoms with Crippen molar-refractivity contribution in [3.05, 3.63) is 47.3 Å². The molecule has 0 aliphatic rings. The summed E-state index contributed by atoms with van der Waals surface area (Å²) in [5, 5.41) is 9.12. The van der Waals surface area contributed by atoms with E-state index in [1.165, 1.54) is 12.1 Å². The highest BCUT2D eigenvalue weighted by Crippen LogP contribution is 2.20. The van der Waals surface area contributed by atoms with Gasteiger partial charge in [0.25, 0.3) is 0 Å². The Morgan fingerprint density at radius 2 is 2.16 bits per heavy atom. The fourth-order valence-electron chi connectivity index (χ4n) is 1.97. The van der Waals surface area contributed by atoms with E-state index in [1.807, 2.05) is 36.6 Å². The minimum Gasteiger partial charge on any atom is -0.304 e. The van der Waals surface area contributed by atoms with E-state index in [9.17, 15) is 4.39 Å². The molecule has 0 radical (unpaired) electrons. The van der Waals surface area contributed by atoms with Crippen LogP contribution in [0.2, 0.25) is 0 Å². The van der Waals surface area contributed by atoms with Gasteiger partial charge in [0.05, 0.1) is 29.0 Å². The minimum absolute atomic E-state index is 0.303. The first-order valence-electron chi connectivity index (χ1n) is 5.90. The van der Waals surface area contributed by atoms with Crippen LogP contribution < -0.4 is 0 Å². The zero-order valence-electron chi connectivity index (χ0n) is 11.2. The summed E-state index contributed by atoms with van der Waals surface area (Å²) in [7, 11) is 3.93. The van der Waals surface area contributed by atoms with Gasteiger partial charge in [0.2, 0.25) is 0 Å². The zero-order valence-corrected chi connectivity index (χ0v) is 11.2. The van der Waals surface area contributed by atoms with Gasteiger partial charge in [-0.3, -0.25) is 0 Å². The van der Waals surface area contributed by atoms with Crippen LogP contribution in [0.25, 0.3) is 5.69 Å². The Labute approximate surface area is 111 Å². The number of aryl methyl sites for hydroxylation is 1. The molecule has 5 heteroatoms. The third-order valence-electron chi connectivity index (χ3n) is 2.88. The molecule has 0 spiro atoms. The van der Waals surface area contributed by atoms with Crippen molar-refractivity contribution >= 4 is 0 Å². The van der Waals surface area contributed by atoms with Crippen molar-refractivity contribution in [2.45, 2.75) is 13.5 Å². The van der Waals surface area contributed by atoms with Gasteiger partial charge in [0, 0.05) is 6.54 Å². The van der Waals surface area contributed by atoms with E-state index in [-0.39, 0.29) is 0 Å². The largest absolute Gasteiger partial charge is 0.304 e. The molecule has 2 aromatic rings. The molecule has 0 aliphatic heterocycles. The van der Waals surface area contributed by atoms with E-state index in [4.69, 9.17) is 5.26 Å². The summed E-state index contributed by atoms with van der Waals surface area (Å²) in [4.78, 5) is 6.30. The van der Waals surface area contributed by atoms with Crippen molar-refractivity contribution in [1.82, 2.24) is 14.5 Å². The Bertz CT molecular complexity index is 637. The van der Waals surface area contributed by atoms with Crippen molar-refractivity contribution in [1.29, 1.82) is 5.26 Å². The molecule has 0 unspecified atom stereocenters. The smallest absolute Gasteiger partial charge is 0.124 e. The predicted molar refractivity (Wildman–Crippen MR) is 70.4 cm³/mol. The van der Waals surface area contributed by atoms with E-state index >= 15 is 0 Å². The number of nitrogens with zero attached hydrogens (tertiary/aromatic N) is 4. The molecule has 0 saturated carbocycles. The van der Waals surface area contributed by atoms with Crippen LogP contribution >= 0.6 is 0 Å². The molecule has 2 rings (SSSR count). The summed E-state index contributed by atoms with van der Waals surface area (Å²) in [6.45, 7) is 2.62. The van der Waals surface area contributed by atoms with E-state index in [2.05, 4.69) is 4.98 Å². The lowest BCUT2D eigenvalue weighted by molar-refractivity contribution is 0.393. The Morgan fingerprint density at radius 1 is 1.42 bits per heavy atom. The van der Waals surface area contributed by atoms with Crippen molar-refractivity contribution in [3.63, 3.8) is 0 Å². The van der Waals surface area contributed by atoms with Crippen LogP contribution in [0.3, 0.4) is 0 Å². The number of benzene rings is 1. The Kier molecular flexibility index (Phi) is 3.63. The number of hydrogen-bond acceptors (Lipinski definition) is 3. The molecule has 0 aliphatic carbocycles. The van der Waals surface area contributed by atoms with Gasteiger partial charge in [-0.2, -0.15) is 5.26 Å². The molecular weight excluding hydrogens is 243 g/mol. The van der Waals surface area contributed by atoms with Crippen LogP contribution in [0.5, 0.6) is 0 Å². The molecule has 1 aromatic carbocycles. The summed E-state index contributed by atoms with van der Waals surface area (Å²) in [5.41, 5.74) is 2.86. The summed E-state index contributed by atoms with van der Waals surface area (Å²) in [5.74, 6) is -0.411. The molecule has 1 aromatic heterocycles. The standard InChI is InChI=1S/C14H15FN4/c1-10-14(8-18(2)3)19(9-17-10)13-5-4-12(15)6-11(13)7-16/h4-6,9H,8H2,1-3H3. The average Bonchev–Trinajstić information content (AvgIpc) is 2.70. The topological polar surface area (TPSA) is 44.9 Å². The second kappa shape index (κ2) is 5.21.